The van der Waals surface area contributed by atoms with Crippen molar-refractivity contribution >= 4 is 33.3 Å². The molecule has 244 valence electrons. The molecular weight excluding hydrogens is 624 g/mol. The Balaban J connectivity index is 1.34. The molecule has 0 spiro atoms. The van der Waals surface area contributed by atoms with Crippen molar-refractivity contribution in [3.05, 3.63) is 47.8 Å². The lowest BCUT2D eigenvalue weighted by atomic mass is 9.83. The largest absolute Gasteiger partial charge is 0.501 e. The summed E-state index contributed by atoms with van der Waals surface area (Å²) in [5.41, 5.74) is -5.72. The van der Waals surface area contributed by atoms with Crippen LogP contribution in [0.15, 0.2) is 41.3 Å². The second-order valence-electron chi connectivity index (χ2n) is 11.7. The van der Waals surface area contributed by atoms with Crippen LogP contribution in [0.25, 0.3) is 0 Å². The van der Waals surface area contributed by atoms with E-state index < -0.39 is 67.8 Å². The number of anilines is 1. The van der Waals surface area contributed by atoms with E-state index in [-0.39, 0.29) is 41.0 Å². The third-order valence-corrected chi connectivity index (χ3v) is 10.5. The maximum absolute atomic E-state index is 15.0. The molecule has 10 nitrogen and oxygen atoms in total. The highest BCUT2D eigenvalue weighted by molar-refractivity contribution is 7.92. The zero-order valence-corrected chi connectivity index (χ0v) is 24.9. The van der Waals surface area contributed by atoms with Gasteiger partial charge in [0.15, 0.2) is 11.6 Å². The highest BCUT2D eigenvalue weighted by atomic mass is 32.2. The number of nitrogens with one attached hydrogen (secondary N) is 2. The first kappa shape index (κ1) is 32.5. The zero-order chi connectivity index (χ0) is 32.7. The van der Waals surface area contributed by atoms with Crippen LogP contribution in [0.5, 0.6) is 11.5 Å². The number of amides is 2. The third kappa shape index (κ3) is 6.58. The van der Waals surface area contributed by atoms with Crippen molar-refractivity contribution < 1.29 is 54.9 Å². The van der Waals surface area contributed by atoms with Crippen LogP contribution in [0.1, 0.15) is 55.3 Å². The van der Waals surface area contributed by atoms with Crippen LogP contribution in [0.3, 0.4) is 0 Å². The van der Waals surface area contributed by atoms with Crippen LogP contribution in [-0.4, -0.2) is 56.1 Å². The number of benzene rings is 2. The number of hydrogen-bond donors (Lipinski definition) is 3. The fraction of sp³-hybridized carbons (Fsp3) is 0.500. The summed E-state index contributed by atoms with van der Waals surface area (Å²) in [6, 6.07) is 5.38. The van der Waals surface area contributed by atoms with Gasteiger partial charge in [-0.15, -0.1) is 0 Å². The van der Waals surface area contributed by atoms with E-state index >= 15 is 0 Å². The number of fused-ring (bicyclic) bond motifs is 2. The van der Waals surface area contributed by atoms with E-state index in [0.29, 0.717) is 32.1 Å². The highest BCUT2D eigenvalue weighted by Gasteiger charge is 2.52. The number of sulfone groups is 1. The number of carboxylic acid groups (broad SMARTS) is 1. The van der Waals surface area contributed by atoms with Crippen molar-refractivity contribution in [3.63, 3.8) is 0 Å². The molecule has 0 saturated heterocycles. The molecule has 3 fully saturated rings. The lowest BCUT2D eigenvalue weighted by Gasteiger charge is -2.31. The Hall–Kier alpha value is -3.88. The van der Waals surface area contributed by atoms with Crippen LogP contribution in [-0.2, 0) is 19.4 Å². The van der Waals surface area contributed by atoms with Gasteiger partial charge in [-0.2, -0.15) is 13.2 Å². The molecule has 3 aliphatic rings. The minimum atomic E-state index is -5.63. The average Bonchev–Trinajstić information content (AvgIpc) is 3.59. The number of alkyl halides is 3. The van der Waals surface area contributed by atoms with Crippen molar-refractivity contribution in [1.82, 2.24) is 5.32 Å². The Labute approximate surface area is 256 Å². The topological polar surface area (TPSA) is 148 Å². The van der Waals surface area contributed by atoms with E-state index in [0.717, 1.165) is 30.7 Å². The van der Waals surface area contributed by atoms with Gasteiger partial charge in [0, 0.05) is 17.8 Å². The number of rotatable bonds is 9. The molecule has 3 N–H and O–H groups in total. The Morgan fingerprint density at radius 2 is 1.71 bits per heavy atom. The first-order chi connectivity index (χ1) is 21.2. The molecule has 3 aliphatic carbocycles. The summed E-state index contributed by atoms with van der Waals surface area (Å²) in [5, 5.41) is 14.7. The Bertz CT molecular complexity index is 1600. The summed E-state index contributed by atoms with van der Waals surface area (Å²) < 4.78 is 88.9. The number of carboxylic acids is 1. The molecule has 2 bridgehead atoms. The van der Waals surface area contributed by atoms with Crippen molar-refractivity contribution in [2.75, 3.05) is 12.4 Å². The highest BCUT2D eigenvalue weighted by Crippen LogP contribution is 2.49. The van der Waals surface area contributed by atoms with Gasteiger partial charge in [0.25, 0.3) is 15.7 Å². The van der Waals surface area contributed by atoms with Crippen LogP contribution in [0, 0.1) is 29.5 Å². The number of hydrogen-bond acceptors (Lipinski definition) is 7. The van der Waals surface area contributed by atoms with Gasteiger partial charge < -0.3 is 25.2 Å². The summed E-state index contributed by atoms with van der Waals surface area (Å²) in [6.07, 6.45) is 3.25. The predicted molar refractivity (Wildman–Crippen MR) is 151 cm³/mol. The molecule has 0 aromatic heterocycles. The van der Waals surface area contributed by atoms with Crippen molar-refractivity contribution in [3.8, 4) is 11.5 Å². The van der Waals surface area contributed by atoms with Crippen molar-refractivity contribution in [1.29, 1.82) is 0 Å². The molecule has 0 aliphatic heterocycles. The van der Waals surface area contributed by atoms with Gasteiger partial charge in [0.05, 0.1) is 35.5 Å². The summed E-state index contributed by atoms with van der Waals surface area (Å²) in [6.45, 7) is 0. The van der Waals surface area contributed by atoms with Gasteiger partial charge in [-0.3, -0.25) is 14.4 Å². The lowest BCUT2D eigenvalue weighted by molar-refractivity contribution is -0.143. The molecule has 2 aromatic rings. The van der Waals surface area contributed by atoms with Crippen LogP contribution >= 0.6 is 0 Å². The van der Waals surface area contributed by atoms with E-state index in [1.807, 2.05) is 0 Å². The number of carbonyl (C=O) groups excluding carboxylic acids is 2. The maximum Gasteiger partial charge on any atom is 0.501 e. The summed E-state index contributed by atoms with van der Waals surface area (Å²) in [7, 11) is -4.38. The third-order valence-electron chi connectivity index (χ3n) is 9.00. The molecule has 0 radical (unpaired) electrons. The standard InChI is InChI=1S/C30H32F4N2O8S/c1-43-23-14-22(31)24(44-19-6-2-4-17(11-19)29(39)40)13-21(23)27(37)36-26-16-9-8-15(10-16)25(26)28(38)35-18-5-3-7-20(12-18)45(41,42)30(32,33)34/h3,5,7,12-17,19,25-26H,2,4,6,8-11H2,1H3,(H,35,38)(H,36,37)(H,39,40). The fourth-order valence-corrected chi connectivity index (χ4v) is 7.64. The average molecular weight is 657 g/mol. The van der Waals surface area contributed by atoms with E-state index in [9.17, 15) is 45.5 Å². The van der Waals surface area contributed by atoms with Crippen LogP contribution in [0.2, 0.25) is 0 Å². The van der Waals surface area contributed by atoms with E-state index in [4.69, 9.17) is 9.47 Å². The minimum absolute atomic E-state index is 0.0634. The van der Waals surface area contributed by atoms with Crippen LogP contribution < -0.4 is 20.1 Å². The molecule has 6 unspecified atom stereocenters. The molecule has 5 rings (SSSR count). The molecule has 2 aromatic carbocycles. The Morgan fingerprint density at radius 1 is 0.978 bits per heavy atom. The van der Waals surface area contributed by atoms with Gasteiger partial charge >= 0.3 is 11.5 Å². The van der Waals surface area contributed by atoms with Gasteiger partial charge in [0.1, 0.15) is 5.75 Å². The monoisotopic (exact) mass is 656 g/mol. The maximum atomic E-state index is 15.0. The zero-order valence-electron chi connectivity index (χ0n) is 24.1. The normalized spacial score (nSPS) is 26.2. The second-order valence-corrected chi connectivity index (χ2v) is 13.7. The molecular formula is C30H32F4N2O8S. The molecule has 6 atom stereocenters. The number of ether oxygens (including phenoxy) is 2. The summed E-state index contributed by atoms with van der Waals surface area (Å²) >= 11 is 0. The molecule has 45 heavy (non-hydrogen) atoms. The Morgan fingerprint density at radius 3 is 2.40 bits per heavy atom. The smallest absolute Gasteiger partial charge is 0.496 e. The van der Waals surface area contributed by atoms with Gasteiger partial charge in [-0.25, -0.2) is 12.8 Å². The first-order valence-corrected chi connectivity index (χ1v) is 16.0. The van der Waals surface area contributed by atoms with Gasteiger partial charge in [0.2, 0.25) is 5.91 Å². The molecule has 0 heterocycles. The van der Waals surface area contributed by atoms with Gasteiger partial charge in [-0.05, 0) is 81.0 Å². The minimum Gasteiger partial charge on any atom is -0.496 e. The SMILES string of the molecule is COc1cc(F)c(OC2CCCC(C(=O)O)C2)cc1C(=O)NC1C2CCC(C2)C1C(=O)Nc1cccc(S(=O)(=O)C(F)(F)F)c1. The number of carbonyl (C=O) groups is 3. The lowest BCUT2D eigenvalue weighted by Crippen LogP contribution is -2.48. The van der Waals surface area contributed by atoms with Gasteiger partial charge in [-0.1, -0.05) is 6.07 Å². The van der Waals surface area contributed by atoms with Crippen molar-refractivity contribution in [2.45, 2.75) is 67.5 Å². The number of methoxy groups -OCH3 is 1. The second kappa shape index (κ2) is 12.5. The fourth-order valence-electron chi connectivity index (χ4n) is 6.83. The molecule has 2 amide bonds. The van der Waals surface area contributed by atoms with Crippen LogP contribution in [0.4, 0.5) is 23.2 Å². The predicted octanol–water partition coefficient (Wildman–Crippen LogP) is 4.93. The van der Waals surface area contributed by atoms with E-state index in [1.165, 1.54) is 19.2 Å². The quantitative estimate of drug-likeness (QED) is 0.322. The molecule has 15 heteroatoms. The van der Waals surface area contributed by atoms with Crippen molar-refractivity contribution in [2.24, 2.45) is 23.7 Å². The van der Waals surface area contributed by atoms with E-state index in [2.05, 4.69) is 10.6 Å². The van der Waals surface area contributed by atoms with E-state index in [1.54, 1.807) is 0 Å². The number of aliphatic carboxylic acids is 1. The summed E-state index contributed by atoms with van der Waals surface area (Å²) in [5.74, 6) is -4.95. The molecule has 3 saturated carbocycles. The number of halogens is 4. The first-order valence-electron chi connectivity index (χ1n) is 14.5. The summed E-state index contributed by atoms with van der Waals surface area (Å²) in [4.78, 5) is 37.4. The Kier molecular flexibility index (Phi) is 9.02.